The summed E-state index contributed by atoms with van der Waals surface area (Å²) in [6.45, 7) is 3.94. The quantitative estimate of drug-likeness (QED) is 0.476. The average molecular weight is 299 g/mol. The maximum Gasteiger partial charge on any atom is 0.338 e. The number of ether oxygens (including phenoxy) is 1. The lowest BCUT2D eigenvalue weighted by Gasteiger charge is -2.07. The number of rotatable bonds is 5. The van der Waals surface area contributed by atoms with E-state index < -0.39 is 0 Å². The maximum atomic E-state index is 11.8. The van der Waals surface area contributed by atoms with Crippen LogP contribution in [0.25, 0.3) is 0 Å². The van der Waals surface area contributed by atoms with Crippen LogP contribution < -0.4 is 0 Å². The van der Waals surface area contributed by atoms with Gasteiger partial charge in [0.25, 0.3) is 0 Å². The molecule has 0 unspecified atom stereocenters. The number of hydrogen-bond donors (Lipinski definition) is 0. The van der Waals surface area contributed by atoms with Crippen LogP contribution in [0.2, 0.25) is 0 Å². The van der Waals surface area contributed by atoms with E-state index in [1.807, 2.05) is 6.92 Å². The molecule has 4 heteroatoms. The first-order valence-electron chi connectivity index (χ1n) is 5.47. The highest BCUT2D eigenvalue weighted by molar-refractivity contribution is 9.09. The predicted octanol–water partition coefficient (Wildman–Crippen LogP) is 3.14. The minimum Gasteiger partial charge on any atom is -0.462 e. The van der Waals surface area contributed by atoms with Crippen LogP contribution >= 0.6 is 15.9 Å². The average Bonchev–Trinajstić information content (AvgIpc) is 2.30. The van der Waals surface area contributed by atoms with E-state index in [9.17, 15) is 9.59 Å². The number of alkyl halides is 1. The van der Waals surface area contributed by atoms with Crippen LogP contribution in [-0.2, 0) is 4.74 Å². The molecule has 1 aromatic carbocycles. The molecule has 0 saturated carbocycles. The van der Waals surface area contributed by atoms with Crippen molar-refractivity contribution in [3.63, 3.8) is 0 Å². The van der Waals surface area contributed by atoms with Crippen molar-refractivity contribution in [1.29, 1.82) is 0 Å². The summed E-state index contributed by atoms with van der Waals surface area (Å²) >= 11 is 3.23. The monoisotopic (exact) mass is 298 g/mol. The van der Waals surface area contributed by atoms with Crippen molar-refractivity contribution < 1.29 is 14.3 Å². The lowest BCUT2D eigenvalue weighted by Crippen LogP contribution is -2.08. The largest absolute Gasteiger partial charge is 0.462 e. The number of benzene rings is 1. The van der Waals surface area contributed by atoms with Crippen LogP contribution in [0.4, 0.5) is 0 Å². The summed E-state index contributed by atoms with van der Waals surface area (Å²) in [6, 6.07) is 5.06. The van der Waals surface area contributed by atoms with E-state index in [2.05, 4.69) is 15.9 Å². The molecule has 0 radical (unpaired) electrons. The van der Waals surface area contributed by atoms with Crippen molar-refractivity contribution in [3.05, 3.63) is 34.9 Å². The molecule has 0 aliphatic rings. The molecular formula is C13H15BrO3. The number of halogens is 1. The highest BCUT2D eigenvalue weighted by Crippen LogP contribution is 2.15. The molecule has 0 aromatic heterocycles. The first kappa shape index (κ1) is 13.9. The molecule has 0 heterocycles. The Morgan fingerprint density at radius 1 is 1.35 bits per heavy atom. The summed E-state index contributed by atoms with van der Waals surface area (Å²) in [6.07, 6.45) is 0.424. The maximum absolute atomic E-state index is 11.8. The van der Waals surface area contributed by atoms with E-state index in [1.54, 1.807) is 25.1 Å². The fraction of sp³-hybridized carbons (Fsp3) is 0.385. The zero-order chi connectivity index (χ0) is 12.8. The second-order valence-electron chi connectivity index (χ2n) is 3.61. The summed E-state index contributed by atoms with van der Waals surface area (Å²) in [5, 5.41) is 0.620. The molecule has 17 heavy (non-hydrogen) atoms. The van der Waals surface area contributed by atoms with Gasteiger partial charge in [0.05, 0.1) is 12.2 Å². The predicted molar refractivity (Wildman–Crippen MR) is 69.9 cm³/mol. The number of carbonyl (C=O) groups excluding carboxylic acids is 2. The van der Waals surface area contributed by atoms with Crippen molar-refractivity contribution in [2.75, 3.05) is 11.9 Å². The summed E-state index contributed by atoms with van der Waals surface area (Å²) < 4.78 is 4.90. The van der Waals surface area contributed by atoms with Crippen LogP contribution in [0.15, 0.2) is 18.2 Å². The molecule has 0 amide bonds. The standard InChI is InChI=1S/C13H15BrO3/c1-3-17-13(16)10-5-4-9(2)11(8-10)12(15)6-7-14/h4-5,8H,3,6-7H2,1-2H3. The summed E-state index contributed by atoms with van der Waals surface area (Å²) in [4.78, 5) is 23.4. The molecule has 3 nitrogen and oxygen atoms in total. The van der Waals surface area contributed by atoms with Gasteiger partial charge in [-0.25, -0.2) is 4.79 Å². The highest BCUT2D eigenvalue weighted by Gasteiger charge is 2.13. The third kappa shape index (κ3) is 3.66. The van der Waals surface area contributed by atoms with E-state index in [4.69, 9.17) is 4.74 Å². The Balaban J connectivity index is 3.02. The molecule has 0 saturated heterocycles. The second kappa shape index (κ2) is 6.55. The Hall–Kier alpha value is -1.16. The lowest BCUT2D eigenvalue weighted by atomic mass is 10.0. The van der Waals surface area contributed by atoms with Crippen LogP contribution in [0, 0.1) is 6.92 Å². The third-order valence-corrected chi connectivity index (χ3v) is 2.77. The molecule has 0 spiro atoms. The number of ketones is 1. The molecular weight excluding hydrogens is 284 g/mol. The van der Waals surface area contributed by atoms with Gasteiger partial charge < -0.3 is 4.74 Å². The van der Waals surface area contributed by atoms with Gasteiger partial charge in [0.1, 0.15) is 0 Å². The minimum atomic E-state index is -0.389. The smallest absolute Gasteiger partial charge is 0.338 e. The number of esters is 1. The van der Waals surface area contributed by atoms with Gasteiger partial charge in [-0.2, -0.15) is 0 Å². The second-order valence-corrected chi connectivity index (χ2v) is 4.41. The van der Waals surface area contributed by atoms with Crippen LogP contribution in [0.5, 0.6) is 0 Å². The van der Waals surface area contributed by atoms with Gasteiger partial charge in [-0.05, 0) is 31.5 Å². The number of aryl methyl sites for hydroxylation is 1. The highest BCUT2D eigenvalue weighted by atomic mass is 79.9. The number of carbonyl (C=O) groups is 2. The molecule has 0 bridgehead atoms. The van der Waals surface area contributed by atoms with Gasteiger partial charge in [0.2, 0.25) is 0 Å². The van der Waals surface area contributed by atoms with E-state index in [0.29, 0.717) is 29.5 Å². The molecule has 1 rings (SSSR count). The molecule has 0 aliphatic carbocycles. The van der Waals surface area contributed by atoms with E-state index in [0.717, 1.165) is 5.56 Å². The normalized spacial score (nSPS) is 10.1. The molecule has 0 fully saturated rings. The molecule has 0 aliphatic heterocycles. The van der Waals surface area contributed by atoms with Crippen LogP contribution in [0.3, 0.4) is 0 Å². The van der Waals surface area contributed by atoms with Crippen molar-refractivity contribution in [2.24, 2.45) is 0 Å². The Morgan fingerprint density at radius 2 is 2.06 bits per heavy atom. The van der Waals surface area contributed by atoms with E-state index >= 15 is 0 Å². The minimum absolute atomic E-state index is 0.0329. The molecule has 0 atom stereocenters. The van der Waals surface area contributed by atoms with Crippen LogP contribution in [-0.4, -0.2) is 23.7 Å². The Labute approximate surface area is 109 Å². The third-order valence-electron chi connectivity index (χ3n) is 2.37. The van der Waals surface area contributed by atoms with Crippen molar-refractivity contribution >= 4 is 27.7 Å². The van der Waals surface area contributed by atoms with Crippen LogP contribution in [0.1, 0.15) is 39.6 Å². The van der Waals surface area contributed by atoms with Gasteiger partial charge in [0, 0.05) is 17.3 Å². The first-order valence-corrected chi connectivity index (χ1v) is 6.59. The molecule has 1 aromatic rings. The van der Waals surface area contributed by atoms with Crippen molar-refractivity contribution in [3.8, 4) is 0 Å². The van der Waals surface area contributed by atoms with Gasteiger partial charge in [0.15, 0.2) is 5.78 Å². The number of Topliss-reactive ketones (excluding diaryl/α,β-unsaturated/α-hetero) is 1. The van der Waals surface area contributed by atoms with Crippen molar-refractivity contribution in [1.82, 2.24) is 0 Å². The van der Waals surface area contributed by atoms with Gasteiger partial charge in [-0.3, -0.25) is 4.79 Å². The topological polar surface area (TPSA) is 43.4 Å². The Bertz CT molecular complexity index is 427. The first-order chi connectivity index (χ1) is 8.10. The zero-order valence-electron chi connectivity index (χ0n) is 9.96. The summed E-state index contributed by atoms with van der Waals surface area (Å²) in [5.41, 5.74) is 1.90. The van der Waals surface area contributed by atoms with E-state index in [-0.39, 0.29) is 11.8 Å². The fourth-order valence-electron chi connectivity index (χ4n) is 1.48. The zero-order valence-corrected chi connectivity index (χ0v) is 11.5. The Kier molecular flexibility index (Phi) is 5.35. The molecule has 0 N–H and O–H groups in total. The number of hydrogen-bond acceptors (Lipinski definition) is 3. The molecule has 92 valence electrons. The van der Waals surface area contributed by atoms with Gasteiger partial charge in [-0.1, -0.05) is 22.0 Å². The van der Waals surface area contributed by atoms with E-state index in [1.165, 1.54) is 0 Å². The lowest BCUT2D eigenvalue weighted by molar-refractivity contribution is 0.0526. The SMILES string of the molecule is CCOC(=O)c1ccc(C)c(C(=O)CCBr)c1. The Morgan fingerprint density at radius 3 is 2.65 bits per heavy atom. The summed E-state index contributed by atoms with van der Waals surface area (Å²) in [5.74, 6) is -0.356. The van der Waals surface area contributed by atoms with Gasteiger partial charge in [-0.15, -0.1) is 0 Å². The summed E-state index contributed by atoms with van der Waals surface area (Å²) in [7, 11) is 0. The van der Waals surface area contributed by atoms with Gasteiger partial charge >= 0.3 is 5.97 Å². The van der Waals surface area contributed by atoms with Crippen molar-refractivity contribution in [2.45, 2.75) is 20.3 Å². The fourth-order valence-corrected chi connectivity index (χ4v) is 1.84.